The molecule has 2 nitrogen and oxygen atoms in total. The third-order valence-corrected chi connectivity index (χ3v) is 2.85. The zero-order valence-electron chi connectivity index (χ0n) is 8.23. The predicted molar refractivity (Wildman–Crippen MR) is 54.5 cm³/mol. The number of carbonyl (C=O) groups is 1. The van der Waals surface area contributed by atoms with Crippen LogP contribution >= 0.6 is 15.9 Å². The molecule has 88 valence electrons. The van der Waals surface area contributed by atoms with Crippen molar-refractivity contribution in [3.05, 3.63) is 33.6 Å². The lowest BCUT2D eigenvalue weighted by molar-refractivity contribution is -0.141. The molecule has 1 aromatic carbocycles. The first kappa shape index (κ1) is 13.0. The lowest BCUT2D eigenvalue weighted by Crippen LogP contribution is -2.14. The van der Waals surface area contributed by atoms with Gasteiger partial charge in [0.05, 0.1) is 10.4 Å². The number of carboxylic acid groups (broad SMARTS) is 1. The van der Waals surface area contributed by atoms with Gasteiger partial charge in [-0.05, 0) is 34.0 Å². The number of aliphatic carboxylic acids is 1. The monoisotopic (exact) mass is 296 g/mol. The molecule has 0 aliphatic rings. The van der Waals surface area contributed by atoms with E-state index in [0.717, 1.165) is 6.07 Å². The number of hydrogen-bond donors (Lipinski definition) is 1. The van der Waals surface area contributed by atoms with Crippen molar-refractivity contribution in [2.75, 3.05) is 0 Å². The lowest BCUT2D eigenvalue weighted by atomic mass is 10.0. The van der Waals surface area contributed by atoms with Gasteiger partial charge in [0.2, 0.25) is 0 Å². The summed E-state index contributed by atoms with van der Waals surface area (Å²) < 4.78 is 38.9. The van der Waals surface area contributed by atoms with Crippen LogP contribution in [0.4, 0.5) is 13.2 Å². The standard InChI is InChI=1S/C10H8BrF3O2/c1-4(10(15)16)2-5-3-6(12)7(11)9(14)8(5)13/h3-4H,2H2,1H3,(H,15,16). The summed E-state index contributed by atoms with van der Waals surface area (Å²) in [5.41, 5.74) is -0.284. The van der Waals surface area contributed by atoms with E-state index in [1.54, 1.807) is 0 Å². The Hall–Kier alpha value is -1.04. The molecule has 1 unspecified atom stereocenters. The summed E-state index contributed by atoms with van der Waals surface area (Å²) in [6.45, 7) is 1.33. The van der Waals surface area contributed by atoms with Gasteiger partial charge in [-0.2, -0.15) is 0 Å². The average molecular weight is 297 g/mol. The van der Waals surface area contributed by atoms with Crippen molar-refractivity contribution in [1.29, 1.82) is 0 Å². The van der Waals surface area contributed by atoms with Crippen molar-refractivity contribution >= 4 is 21.9 Å². The van der Waals surface area contributed by atoms with Crippen LogP contribution in [0, 0.1) is 23.4 Å². The average Bonchev–Trinajstić information content (AvgIpc) is 2.22. The molecule has 0 aliphatic carbocycles. The number of halogens is 4. The molecule has 0 saturated heterocycles. The second-order valence-electron chi connectivity index (χ2n) is 3.40. The van der Waals surface area contributed by atoms with Crippen LogP contribution in [0.15, 0.2) is 10.5 Å². The normalized spacial score (nSPS) is 12.6. The van der Waals surface area contributed by atoms with Gasteiger partial charge in [-0.15, -0.1) is 0 Å². The summed E-state index contributed by atoms with van der Waals surface area (Å²) in [6.07, 6.45) is -0.262. The van der Waals surface area contributed by atoms with Crippen LogP contribution in [0.2, 0.25) is 0 Å². The molecule has 0 spiro atoms. The molecule has 1 N–H and O–H groups in total. The first-order chi connectivity index (χ1) is 7.34. The van der Waals surface area contributed by atoms with Gasteiger partial charge in [0, 0.05) is 0 Å². The van der Waals surface area contributed by atoms with Crippen LogP contribution in [-0.2, 0) is 11.2 Å². The van der Waals surface area contributed by atoms with Gasteiger partial charge in [-0.25, -0.2) is 13.2 Å². The van der Waals surface area contributed by atoms with Gasteiger partial charge in [0.15, 0.2) is 11.6 Å². The molecule has 16 heavy (non-hydrogen) atoms. The minimum Gasteiger partial charge on any atom is -0.481 e. The smallest absolute Gasteiger partial charge is 0.306 e. The Morgan fingerprint density at radius 2 is 2.00 bits per heavy atom. The molecule has 0 saturated carbocycles. The Morgan fingerprint density at radius 3 is 2.50 bits per heavy atom. The van der Waals surface area contributed by atoms with E-state index in [1.807, 2.05) is 0 Å². The molecule has 0 radical (unpaired) electrons. The molecule has 0 heterocycles. The number of benzene rings is 1. The molecule has 0 aromatic heterocycles. The van der Waals surface area contributed by atoms with Crippen LogP contribution in [-0.4, -0.2) is 11.1 Å². The SMILES string of the molecule is CC(Cc1cc(F)c(Br)c(F)c1F)C(=O)O. The van der Waals surface area contributed by atoms with Crippen LogP contribution < -0.4 is 0 Å². The molecular formula is C10H8BrF3O2. The first-order valence-electron chi connectivity index (χ1n) is 4.39. The second-order valence-corrected chi connectivity index (χ2v) is 4.20. The lowest BCUT2D eigenvalue weighted by Gasteiger charge is -2.09. The van der Waals surface area contributed by atoms with E-state index < -0.39 is 33.8 Å². The maximum atomic E-state index is 13.3. The fourth-order valence-corrected chi connectivity index (χ4v) is 1.48. The minimum absolute atomic E-state index is 0.262. The van der Waals surface area contributed by atoms with E-state index in [4.69, 9.17) is 5.11 Å². The van der Waals surface area contributed by atoms with Crippen molar-refractivity contribution in [3.63, 3.8) is 0 Å². The molecule has 0 amide bonds. The fraction of sp³-hybridized carbons (Fsp3) is 0.300. The van der Waals surface area contributed by atoms with Crippen LogP contribution in [0.5, 0.6) is 0 Å². The Balaban J connectivity index is 3.11. The van der Waals surface area contributed by atoms with Gasteiger partial charge in [0.1, 0.15) is 5.82 Å². The van der Waals surface area contributed by atoms with Crippen LogP contribution in [0.25, 0.3) is 0 Å². The maximum absolute atomic E-state index is 13.3. The van der Waals surface area contributed by atoms with E-state index in [-0.39, 0.29) is 12.0 Å². The summed E-state index contributed by atoms with van der Waals surface area (Å²) in [5, 5.41) is 8.61. The molecule has 1 rings (SSSR count). The highest BCUT2D eigenvalue weighted by Crippen LogP contribution is 2.26. The number of rotatable bonds is 3. The summed E-state index contributed by atoms with van der Waals surface area (Å²) in [5.74, 6) is -5.57. The van der Waals surface area contributed by atoms with Gasteiger partial charge >= 0.3 is 5.97 Å². The minimum atomic E-state index is -1.34. The maximum Gasteiger partial charge on any atom is 0.306 e. The van der Waals surface area contributed by atoms with Crippen molar-refractivity contribution in [3.8, 4) is 0 Å². The Bertz CT molecular complexity index is 435. The van der Waals surface area contributed by atoms with Crippen LogP contribution in [0.1, 0.15) is 12.5 Å². The number of hydrogen-bond acceptors (Lipinski definition) is 1. The Morgan fingerprint density at radius 1 is 1.44 bits per heavy atom. The summed E-state index contributed by atoms with van der Waals surface area (Å²) >= 11 is 2.55. The largest absolute Gasteiger partial charge is 0.481 e. The predicted octanol–water partition coefficient (Wildman–Crippen LogP) is 3.13. The van der Waals surface area contributed by atoms with E-state index in [0.29, 0.717) is 0 Å². The van der Waals surface area contributed by atoms with Gasteiger partial charge < -0.3 is 5.11 Å². The highest BCUT2D eigenvalue weighted by Gasteiger charge is 2.20. The molecular weight excluding hydrogens is 289 g/mol. The fourth-order valence-electron chi connectivity index (χ4n) is 1.19. The van der Waals surface area contributed by atoms with Crippen molar-refractivity contribution in [2.24, 2.45) is 5.92 Å². The zero-order chi connectivity index (χ0) is 12.5. The third-order valence-electron chi connectivity index (χ3n) is 2.13. The molecule has 1 atom stereocenters. The first-order valence-corrected chi connectivity index (χ1v) is 5.18. The quantitative estimate of drug-likeness (QED) is 0.687. The highest BCUT2D eigenvalue weighted by molar-refractivity contribution is 9.10. The highest BCUT2D eigenvalue weighted by atomic mass is 79.9. The van der Waals surface area contributed by atoms with Gasteiger partial charge in [0.25, 0.3) is 0 Å². The topological polar surface area (TPSA) is 37.3 Å². The van der Waals surface area contributed by atoms with Crippen molar-refractivity contribution < 1.29 is 23.1 Å². The molecule has 1 aromatic rings. The van der Waals surface area contributed by atoms with E-state index in [1.165, 1.54) is 6.92 Å². The molecule has 0 bridgehead atoms. The molecule has 0 fully saturated rings. The Kier molecular flexibility index (Phi) is 3.96. The second kappa shape index (κ2) is 4.86. The zero-order valence-corrected chi connectivity index (χ0v) is 9.82. The summed E-state index contributed by atoms with van der Waals surface area (Å²) in [7, 11) is 0. The van der Waals surface area contributed by atoms with Crippen molar-refractivity contribution in [2.45, 2.75) is 13.3 Å². The molecule has 6 heteroatoms. The summed E-state index contributed by atoms with van der Waals surface area (Å²) in [6, 6.07) is 0.794. The van der Waals surface area contributed by atoms with Crippen molar-refractivity contribution in [1.82, 2.24) is 0 Å². The van der Waals surface area contributed by atoms with E-state index in [9.17, 15) is 18.0 Å². The van der Waals surface area contributed by atoms with Gasteiger partial charge in [-0.1, -0.05) is 6.92 Å². The van der Waals surface area contributed by atoms with Gasteiger partial charge in [-0.3, -0.25) is 4.79 Å². The summed E-state index contributed by atoms with van der Waals surface area (Å²) in [4.78, 5) is 10.5. The number of carboxylic acids is 1. The molecule has 0 aliphatic heterocycles. The van der Waals surface area contributed by atoms with E-state index >= 15 is 0 Å². The third kappa shape index (κ3) is 2.55. The van der Waals surface area contributed by atoms with Crippen LogP contribution in [0.3, 0.4) is 0 Å². The Labute approximate surface area is 98.2 Å². The van der Waals surface area contributed by atoms with E-state index in [2.05, 4.69) is 15.9 Å².